The molecule has 0 bridgehead atoms. The highest BCUT2D eigenvalue weighted by atomic mass is 19.4. The van der Waals surface area contributed by atoms with Crippen LogP contribution in [-0.4, -0.2) is 17.4 Å². The van der Waals surface area contributed by atoms with E-state index < -0.39 is 23.6 Å². The van der Waals surface area contributed by atoms with E-state index >= 15 is 0 Å². The summed E-state index contributed by atoms with van der Waals surface area (Å²) in [7, 11) is 0. The Hall–Kier alpha value is -2.44. The van der Waals surface area contributed by atoms with Gasteiger partial charge in [-0.3, -0.25) is 4.79 Å². The number of nitrogens with zero attached hydrogens (tertiary/aromatic N) is 2. The number of carbonyl (C=O) groups is 1. The monoisotopic (exact) mass is 326 g/mol. The third kappa shape index (κ3) is 3.67. The van der Waals surface area contributed by atoms with Gasteiger partial charge in [0.2, 0.25) is 0 Å². The van der Waals surface area contributed by atoms with E-state index in [0.717, 1.165) is 12.1 Å². The van der Waals surface area contributed by atoms with Gasteiger partial charge in [-0.1, -0.05) is 0 Å². The molecule has 0 spiro atoms. The molecule has 0 fully saturated rings. The number of pyridine rings is 1. The zero-order chi connectivity index (χ0) is 17.2. The van der Waals surface area contributed by atoms with Crippen LogP contribution in [0.15, 0.2) is 36.4 Å². The highest BCUT2D eigenvalue weighted by Crippen LogP contribution is 2.28. The van der Waals surface area contributed by atoms with E-state index in [-0.39, 0.29) is 17.8 Å². The number of hydrogen-bond donors (Lipinski definition) is 0. The number of rotatable bonds is 3. The van der Waals surface area contributed by atoms with Crippen molar-refractivity contribution < 1.29 is 22.4 Å². The Kier molecular flexibility index (Phi) is 4.68. The van der Waals surface area contributed by atoms with Gasteiger partial charge in [0.1, 0.15) is 11.5 Å². The summed E-state index contributed by atoms with van der Waals surface area (Å²) in [6, 6.07) is 7.18. The summed E-state index contributed by atoms with van der Waals surface area (Å²) in [5.74, 6) is -0.928. The van der Waals surface area contributed by atoms with E-state index in [4.69, 9.17) is 0 Å². The van der Waals surface area contributed by atoms with Gasteiger partial charge in [0.05, 0.1) is 11.3 Å². The van der Waals surface area contributed by atoms with E-state index in [2.05, 4.69) is 4.98 Å². The largest absolute Gasteiger partial charge is 0.433 e. The van der Waals surface area contributed by atoms with Crippen molar-refractivity contribution in [3.8, 4) is 0 Å². The highest BCUT2D eigenvalue weighted by molar-refractivity contribution is 6.06. The molecule has 0 atom stereocenters. The van der Waals surface area contributed by atoms with E-state index in [1.165, 1.54) is 36.1 Å². The van der Waals surface area contributed by atoms with E-state index in [1.807, 2.05) is 0 Å². The van der Waals surface area contributed by atoms with Gasteiger partial charge in [0, 0.05) is 12.2 Å². The summed E-state index contributed by atoms with van der Waals surface area (Å²) in [5, 5.41) is 0. The Balaban J connectivity index is 2.36. The Morgan fingerprint density at radius 1 is 1.13 bits per heavy atom. The van der Waals surface area contributed by atoms with Gasteiger partial charge in [-0.2, -0.15) is 13.2 Å². The number of aryl methyl sites for hydroxylation is 1. The Bertz CT molecular complexity index is 711. The van der Waals surface area contributed by atoms with Crippen LogP contribution in [-0.2, 0) is 6.18 Å². The number of benzene rings is 1. The summed E-state index contributed by atoms with van der Waals surface area (Å²) in [4.78, 5) is 17.4. The number of anilines is 1. The van der Waals surface area contributed by atoms with Crippen molar-refractivity contribution in [1.29, 1.82) is 0 Å². The van der Waals surface area contributed by atoms with Crippen molar-refractivity contribution in [2.75, 3.05) is 11.4 Å². The van der Waals surface area contributed by atoms with Crippen molar-refractivity contribution in [3.63, 3.8) is 0 Å². The number of carbonyl (C=O) groups excluding carboxylic acids is 1. The van der Waals surface area contributed by atoms with E-state index in [1.54, 1.807) is 6.92 Å². The molecule has 1 aromatic carbocycles. The van der Waals surface area contributed by atoms with Crippen molar-refractivity contribution in [3.05, 3.63) is 59.2 Å². The molecule has 1 heterocycles. The summed E-state index contributed by atoms with van der Waals surface area (Å²) in [5.41, 5.74) is -0.524. The first-order chi connectivity index (χ1) is 10.7. The fourth-order valence-electron chi connectivity index (χ4n) is 2.15. The topological polar surface area (TPSA) is 33.2 Å². The molecule has 7 heteroatoms. The maximum absolute atomic E-state index is 13.0. The quantitative estimate of drug-likeness (QED) is 0.792. The fraction of sp³-hybridized carbons (Fsp3) is 0.250. The van der Waals surface area contributed by atoms with Crippen LogP contribution in [0.5, 0.6) is 0 Å². The van der Waals surface area contributed by atoms with Gasteiger partial charge in [-0.15, -0.1) is 0 Å². The minimum absolute atomic E-state index is 0.00890. The van der Waals surface area contributed by atoms with E-state index in [9.17, 15) is 22.4 Å². The molecular formula is C16H14F4N2O. The maximum atomic E-state index is 13.0. The average molecular weight is 326 g/mol. The van der Waals surface area contributed by atoms with Gasteiger partial charge in [-0.05, 0) is 50.2 Å². The van der Waals surface area contributed by atoms with Crippen LogP contribution >= 0.6 is 0 Å². The summed E-state index contributed by atoms with van der Waals surface area (Å²) in [6.45, 7) is 3.35. The second kappa shape index (κ2) is 6.36. The Morgan fingerprint density at radius 2 is 1.74 bits per heavy atom. The zero-order valence-electron chi connectivity index (χ0n) is 12.5. The van der Waals surface area contributed by atoms with Gasteiger partial charge in [-0.25, -0.2) is 9.37 Å². The highest BCUT2D eigenvalue weighted by Gasteiger charge is 2.33. The molecule has 0 saturated carbocycles. The molecule has 0 saturated heterocycles. The summed E-state index contributed by atoms with van der Waals surface area (Å²) in [6.07, 6.45) is -4.56. The zero-order valence-corrected chi connectivity index (χ0v) is 12.5. The lowest BCUT2D eigenvalue weighted by Gasteiger charge is -2.22. The standard InChI is InChI=1S/C16H14F4N2O/c1-3-22(12-6-4-11(17)5-7-12)15(23)13-8-9-14(16(18,19)20)21-10(13)2/h4-9H,3H2,1-2H3. The van der Waals surface area contributed by atoms with Gasteiger partial charge >= 0.3 is 6.18 Å². The van der Waals surface area contributed by atoms with Crippen LogP contribution in [0.2, 0.25) is 0 Å². The third-order valence-corrected chi connectivity index (χ3v) is 3.31. The first-order valence-electron chi connectivity index (χ1n) is 6.86. The molecule has 23 heavy (non-hydrogen) atoms. The minimum atomic E-state index is -4.56. The predicted molar refractivity (Wildman–Crippen MR) is 77.7 cm³/mol. The molecule has 0 N–H and O–H groups in total. The van der Waals surface area contributed by atoms with Crippen molar-refractivity contribution in [2.45, 2.75) is 20.0 Å². The van der Waals surface area contributed by atoms with Crippen LogP contribution in [0.4, 0.5) is 23.2 Å². The van der Waals surface area contributed by atoms with Crippen LogP contribution < -0.4 is 4.90 Å². The first kappa shape index (κ1) is 16.9. The molecule has 0 unspecified atom stereocenters. The lowest BCUT2D eigenvalue weighted by atomic mass is 10.1. The minimum Gasteiger partial charge on any atom is -0.309 e. The van der Waals surface area contributed by atoms with Crippen LogP contribution in [0.1, 0.15) is 28.7 Å². The average Bonchev–Trinajstić information content (AvgIpc) is 2.48. The molecule has 2 rings (SSSR count). The Morgan fingerprint density at radius 3 is 2.22 bits per heavy atom. The molecule has 3 nitrogen and oxygen atoms in total. The van der Waals surface area contributed by atoms with Gasteiger partial charge < -0.3 is 4.90 Å². The number of amides is 1. The van der Waals surface area contributed by atoms with Crippen LogP contribution in [0, 0.1) is 12.7 Å². The van der Waals surface area contributed by atoms with Crippen molar-refractivity contribution in [2.24, 2.45) is 0 Å². The molecule has 0 aliphatic carbocycles. The van der Waals surface area contributed by atoms with Gasteiger partial charge in [0.15, 0.2) is 0 Å². The summed E-state index contributed by atoms with van der Waals surface area (Å²) < 4.78 is 50.9. The predicted octanol–water partition coefficient (Wildman–Crippen LogP) is 4.21. The first-order valence-corrected chi connectivity index (χ1v) is 6.86. The second-order valence-corrected chi connectivity index (χ2v) is 4.85. The van der Waals surface area contributed by atoms with Crippen molar-refractivity contribution >= 4 is 11.6 Å². The maximum Gasteiger partial charge on any atom is 0.433 e. The lowest BCUT2D eigenvalue weighted by molar-refractivity contribution is -0.141. The third-order valence-electron chi connectivity index (χ3n) is 3.31. The number of alkyl halides is 3. The Labute approximate surface area is 130 Å². The van der Waals surface area contributed by atoms with Crippen molar-refractivity contribution in [1.82, 2.24) is 4.98 Å². The second-order valence-electron chi connectivity index (χ2n) is 4.85. The van der Waals surface area contributed by atoms with E-state index in [0.29, 0.717) is 5.69 Å². The molecule has 122 valence electrons. The number of hydrogen-bond acceptors (Lipinski definition) is 2. The number of halogens is 4. The molecule has 1 amide bonds. The normalized spacial score (nSPS) is 11.4. The smallest absolute Gasteiger partial charge is 0.309 e. The molecule has 0 radical (unpaired) electrons. The lowest BCUT2D eigenvalue weighted by Crippen LogP contribution is -2.31. The summed E-state index contributed by atoms with van der Waals surface area (Å²) >= 11 is 0. The fourth-order valence-corrected chi connectivity index (χ4v) is 2.15. The molecule has 1 aromatic heterocycles. The van der Waals surface area contributed by atoms with Crippen LogP contribution in [0.3, 0.4) is 0 Å². The molecular weight excluding hydrogens is 312 g/mol. The SMILES string of the molecule is CCN(C(=O)c1ccc(C(F)(F)F)nc1C)c1ccc(F)cc1. The molecule has 0 aliphatic rings. The van der Waals surface area contributed by atoms with Gasteiger partial charge in [0.25, 0.3) is 5.91 Å². The molecule has 0 aliphatic heterocycles. The van der Waals surface area contributed by atoms with Crippen LogP contribution in [0.25, 0.3) is 0 Å². The number of aromatic nitrogens is 1. The molecule has 2 aromatic rings.